The number of ether oxygens (including phenoxy) is 1. The van der Waals surface area contributed by atoms with E-state index in [0.717, 1.165) is 25.9 Å². The number of hydrogen-bond acceptors (Lipinski definition) is 3. The van der Waals surface area contributed by atoms with Gasteiger partial charge < -0.3 is 15.8 Å². The highest BCUT2D eigenvalue weighted by atomic mass is 16.5. The van der Waals surface area contributed by atoms with Crippen molar-refractivity contribution in [3.8, 4) is 0 Å². The SMILES string of the molecule is CC(C)NC1(C(N)=O)CCC(OCCC(C)(C)C)C1. The lowest BCUT2D eigenvalue weighted by Crippen LogP contribution is -2.56. The van der Waals surface area contributed by atoms with Crippen LogP contribution in [0.5, 0.6) is 0 Å². The molecule has 19 heavy (non-hydrogen) atoms. The molecule has 3 N–H and O–H groups in total. The first-order chi connectivity index (χ1) is 8.65. The van der Waals surface area contributed by atoms with E-state index < -0.39 is 5.54 Å². The normalized spacial score (nSPS) is 28.0. The quantitative estimate of drug-likeness (QED) is 0.778. The van der Waals surface area contributed by atoms with Crippen molar-refractivity contribution in [3.63, 3.8) is 0 Å². The Labute approximate surface area is 117 Å². The van der Waals surface area contributed by atoms with Crippen molar-refractivity contribution in [2.45, 2.75) is 78.0 Å². The van der Waals surface area contributed by atoms with Gasteiger partial charge in [0.2, 0.25) is 5.91 Å². The second-order valence-electron chi connectivity index (χ2n) is 7.29. The van der Waals surface area contributed by atoms with Crippen LogP contribution in [0.15, 0.2) is 0 Å². The molecule has 1 saturated carbocycles. The molecule has 4 heteroatoms. The molecule has 1 aliphatic rings. The highest BCUT2D eigenvalue weighted by Crippen LogP contribution is 2.33. The van der Waals surface area contributed by atoms with E-state index in [2.05, 4.69) is 26.1 Å². The Morgan fingerprint density at radius 1 is 1.47 bits per heavy atom. The molecule has 0 heterocycles. The van der Waals surface area contributed by atoms with Crippen LogP contribution >= 0.6 is 0 Å². The molecule has 1 aliphatic carbocycles. The van der Waals surface area contributed by atoms with Crippen LogP contribution in [0.1, 0.15) is 60.3 Å². The number of amides is 1. The Hall–Kier alpha value is -0.610. The minimum absolute atomic E-state index is 0.154. The van der Waals surface area contributed by atoms with Gasteiger partial charge in [0.05, 0.1) is 6.10 Å². The molecule has 0 radical (unpaired) electrons. The third-order valence-corrected chi connectivity index (χ3v) is 3.71. The Balaban J connectivity index is 2.48. The van der Waals surface area contributed by atoms with Crippen LogP contribution < -0.4 is 11.1 Å². The Kier molecular flexibility index (Phi) is 5.39. The molecule has 0 saturated heterocycles. The molecule has 0 aromatic carbocycles. The summed E-state index contributed by atoms with van der Waals surface area (Å²) >= 11 is 0. The second-order valence-corrected chi connectivity index (χ2v) is 7.29. The molecule has 0 spiro atoms. The van der Waals surface area contributed by atoms with Crippen molar-refractivity contribution < 1.29 is 9.53 Å². The summed E-state index contributed by atoms with van der Waals surface area (Å²) in [7, 11) is 0. The van der Waals surface area contributed by atoms with Crippen LogP contribution in [-0.4, -0.2) is 30.2 Å². The molecular weight excluding hydrogens is 240 g/mol. The largest absolute Gasteiger partial charge is 0.378 e. The summed E-state index contributed by atoms with van der Waals surface area (Å²) in [5, 5.41) is 3.34. The molecular formula is C15H30N2O2. The summed E-state index contributed by atoms with van der Waals surface area (Å²) < 4.78 is 5.92. The van der Waals surface area contributed by atoms with E-state index in [-0.39, 0.29) is 23.5 Å². The number of primary amides is 1. The van der Waals surface area contributed by atoms with Gasteiger partial charge in [-0.05, 0) is 38.5 Å². The highest BCUT2D eigenvalue weighted by Gasteiger charge is 2.44. The first-order valence-corrected chi connectivity index (χ1v) is 7.34. The predicted octanol–water partition coefficient (Wildman–Crippen LogP) is 2.21. The van der Waals surface area contributed by atoms with Crippen molar-refractivity contribution in [3.05, 3.63) is 0 Å². The Morgan fingerprint density at radius 2 is 2.11 bits per heavy atom. The van der Waals surface area contributed by atoms with Crippen molar-refractivity contribution in [2.24, 2.45) is 11.1 Å². The first kappa shape index (κ1) is 16.4. The average Bonchev–Trinajstić information content (AvgIpc) is 2.60. The lowest BCUT2D eigenvalue weighted by Gasteiger charge is -2.29. The van der Waals surface area contributed by atoms with E-state index >= 15 is 0 Å². The third kappa shape index (κ3) is 5.11. The molecule has 2 atom stereocenters. The molecule has 1 rings (SSSR count). The van der Waals surface area contributed by atoms with Gasteiger partial charge in [-0.15, -0.1) is 0 Å². The van der Waals surface area contributed by atoms with Crippen molar-refractivity contribution in [1.82, 2.24) is 5.32 Å². The second kappa shape index (κ2) is 6.23. The van der Waals surface area contributed by atoms with Gasteiger partial charge in [-0.3, -0.25) is 4.79 Å². The van der Waals surface area contributed by atoms with Gasteiger partial charge in [0.25, 0.3) is 0 Å². The summed E-state index contributed by atoms with van der Waals surface area (Å²) in [5.74, 6) is -0.247. The monoisotopic (exact) mass is 270 g/mol. The van der Waals surface area contributed by atoms with E-state index in [1.807, 2.05) is 13.8 Å². The Morgan fingerprint density at radius 3 is 2.58 bits per heavy atom. The topological polar surface area (TPSA) is 64.3 Å². The molecule has 0 aliphatic heterocycles. The molecule has 1 amide bonds. The minimum Gasteiger partial charge on any atom is -0.378 e. The van der Waals surface area contributed by atoms with Gasteiger partial charge in [-0.2, -0.15) is 0 Å². The number of nitrogens with two attached hydrogens (primary N) is 1. The van der Waals surface area contributed by atoms with E-state index in [4.69, 9.17) is 10.5 Å². The maximum absolute atomic E-state index is 11.7. The van der Waals surface area contributed by atoms with Crippen LogP contribution in [0.2, 0.25) is 0 Å². The van der Waals surface area contributed by atoms with Gasteiger partial charge >= 0.3 is 0 Å². The van der Waals surface area contributed by atoms with Crippen LogP contribution in [0.4, 0.5) is 0 Å². The number of nitrogens with one attached hydrogen (secondary N) is 1. The highest BCUT2D eigenvalue weighted by molar-refractivity contribution is 5.85. The van der Waals surface area contributed by atoms with E-state index in [1.165, 1.54) is 0 Å². The molecule has 1 fully saturated rings. The average molecular weight is 270 g/mol. The van der Waals surface area contributed by atoms with Gasteiger partial charge in [0.1, 0.15) is 5.54 Å². The zero-order chi connectivity index (χ0) is 14.7. The number of carbonyl (C=O) groups excluding carboxylic acids is 1. The van der Waals surface area contributed by atoms with Gasteiger partial charge in [-0.1, -0.05) is 20.8 Å². The standard InChI is InChI=1S/C15H30N2O2/c1-11(2)17-15(13(16)18)7-6-12(10-15)19-9-8-14(3,4)5/h11-12,17H,6-10H2,1-5H3,(H2,16,18). The van der Waals surface area contributed by atoms with Gasteiger partial charge in [0.15, 0.2) is 0 Å². The first-order valence-electron chi connectivity index (χ1n) is 7.34. The van der Waals surface area contributed by atoms with Crippen LogP contribution in [0.3, 0.4) is 0 Å². The predicted molar refractivity (Wildman–Crippen MR) is 77.9 cm³/mol. The summed E-state index contributed by atoms with van der Waals surface area (Å²) in [5.41, 5.74) is 5.30. The summed E-state index contributed by atoms with van der Waals surface area (Å²) in [4.78, 5) is 11.7. The van der Waals surface area contributed by atoms with Gasteiger partial charge in [0, 0.05) is 19.1 Å². The van der Waals surface area contributed by atoms with E-state index in [9.17, 15) is 4.79 Å². The zero-order valence-electron chi connectivity index (χ0n) is 13.1. The third-order valence-electron chi connectivity index (χ3n) is 3.71. The van der Waals surface area contributed by atoms with Crippen LogP contribution in [-0.2, 0) is 9.53 Å². The van der Waals surface area contributed by atoms with Crippen molar-refractivity contribution >= 4 is 5.91 Å². The summed E-state index contributed by atoms with van der Waals surface area (Å²) in [6.45, 7) is 11.5. The van der Waals surface area contributed by atoms with Crippen LogP contribution in [0, 0.1) is 5.41 Å². The smallest absolute Gasteiger partial charge is 0.237 e. The number of rotatable bonds is 6. The zero-order valence-corrected chi connectivity index (χ0v) is 13.1. The molecule has 0 aromatic rings. The lowest BCUT2D eigenvalue weighted by atomic mass is 9.93. The maximum Gasteiger partial charge on any atom is 0.237 e. The summed E-state index contributed by atoms with van der Waals surface area (Å²) in [6.07, 6.45) is 3.57. The van der Waals surface area contributed by atoms with E-state index in [0.29, 0.717) is 6.42 Å². The molecule has 2 unspecified atom stereocenters. The molecule has 4 nitrogen and oxygen atoms in total. The molecule has 0 bridgehead atoms. The lowest BCUT2D eigenvalue weighted by molar-refractivity contribution is -0.125. The van der Waals surface area contributed by atoms with Crippen molar-refractivity contribution in [2.75, 3.05) is 6.61 Å². The maximum atomic E-state index is 11.7. The van der Waals surface area contributed by atoms with Crippen LogP contribution in [0.25, 0.3) is 0 Å². The molecule has 0 aromatic heterocycles. The minimum atomic E-state index is -0.569. The van der Waals surface area contributed by atoms with E-state index in [1.54, 1.807) is 0 Å². The fourth-order valence-corrected chi connectivity index (χ4v) is 2.65. The number of carbonyl (C=O) groups is 1. The fraction of sp³-hybridized carbons (Fsp3) is 0.933. The van der Waals surface area contributed by atoms with Gasteiger partial charge in [-0.25, -0.2) is 0 Å². The summed E-state index contributed by atoms with van der Waals surface area (Å²) in [6, 6.07) is 0.251. The molecule has 112 valence electrons. The number of hydrogen-bond donors (Lipinski definition) is 2. The van der Waals surface area contributed by atoms with Crippen molar-refractivity contribution in [1.29, 1.82) is 0 Å². The Bertz CT molecular complexity index is 310. The fourth-order valence-electron chi connectivity index (χ4n) is 2.65.